The molecule has 2 rings (SSSR count). The van der Waals surface area contributed by atoms with Gasteiger partial charge in [-0.1, -0.05) is 23.7 Å². The maximum atomic E-state index is 12.7. The average molecular weight is 427 g/mol. The molecule has 0 heterocycles. The van der Waals surface area contributed by atoms with E-state index in [1.807, 2.05) is 12.1 Å². The van der Waals surface area contributed by atoms with E-state index >= 15 is 0 Å². The van der Waals surface area contributed by atoms with E-state index in [0.717, 1.165) is 16.1 Å². The number of nitrogens with zero attached hydrogens (tertiary/aromatic N) is 1. The molecular weight excluding hydrogens is 404 g/mol. The second-order valence-corrected chi connectivity index (χ2v) is 8.41. The van der Waals surface area contributed by atoms with Crippen molar-refractivity contribution in [1.29, 1.82) is 0 Å². The van der Waals surface area contributed by atoms with Gasteiger partial charge in [0.1, 0.15) is 17.5 Å². The summed E-state index contributed by atoms with van der Waals surface area (Å²) in [5.41, 5.74) is 1.05. The van der Waals surface area contributed by atoms with Gasteiger partial charge >= 0.3 is 0 Å². The average Bonchev–Trinajstić information content (AvgIpc) is 2.65. The van der Waals surface area contributed by atoms with Crippen LogP contribution in [-0.2, 0) is 21.4 Å². The van der Waals surface area contributed by atoms with Crippen LogP contribution in [0.4, 0.5) is 5.69 Å². The number of hydrogen-bond donors (Lipinski definition) is 1. The van der Waals surface area contributed by atoms with Gasteiger partial charge in [0, 0.05) is 11.6 Å². The van der Waals surface area contributed by atoms with E-state index in [1.54, 1.807) is 31.4 Å². The minimum atomic E-state index is -3.79. The van der Waals surface area contributed by atoms with Gasteiger partial charge in [0.2, 0.25) is 15.9 Å². The summed E-state index contributed by atoms with van der Waals surface area (Å²) < 4.78 is 36.2. The third kappa shape index (κ3) is 5.30. The first kappa shape index (κ1) is 21.8. The molecule has 0 spiro atoms. The number of nitrogens with one attached hydrogen (secondary N) is 1. The van der Waals surface area contributed by atoms with E-state index < -0.39 is 22.0 Å². The fourth-order valence-corrected chi connectivity index (χ4v) is 4.03. The lowest BCUT2D eigenvalue weighted by Crippen LogP contribution is -2.47. The maximum Gasteiger partial charge on any atom is 0.243 e. The molecule has 7 nitrogen and oxygen atoms in total. The van der Waals surface area contributed by atoms with Crippen LogP contribution in [0.15, 0.2) is 42.5 Å². The van der Waals surface area contributed by atoms with Crippen LogP contribution in [0.1, 0.15) is 12.5 Å². The predicted octanol–water partition coefficient (Wildman–Crippen LogP) is 2.83. The summed E-state index contributed by atoms with van der Waals surface area (Å²) in [6, 6.07) is 10.8. The van der Waals surface area contributed by atoms with Crippen LogP contribution in [0.3, 0.4) is 0 Å². The van der Waals surface area contributed by atoms with E-state index in [2.05, 4.69) is 5.32 Å². The van der Waals surface area contributed by atoms with E-state index in [0.29, 0.717) is 16.5 Å². The summed E-state index contributed by atoms with van der Waals surface area (Å²) in [4.78, 5) is 12.7. The Balaban J connectivity index is 2.24. The SMILES string of the molecule is COc1ccc(CNC(=O)C(C)N(c2cc(Cl)ccc2OC)S(C)(=O)=O)cc1. The third-order valence-corrected chi connectivity index (χ3v) is 5.56. The molecule has 1 unspecified atom stereocenters. The quantitative estimate of drug-likeness (QED) is 0.701. The number of carbonyl (C=O) groups is 1. The molecule has 0 fully saturated rings. The molecule has 1 amide bonds. The molecule has 0 aliphatic rings. The van der Waals surface area contributed by atoms with Gasteiger partial charge < -0.3 is 14.8 Å². The lowest BCUT2D eigenvalue weighted by molar-refractivity contribution is -0.122. The molecule has 0 aliphatic heterocycles. The molecule has 1 atom stereocenters. The number of amides is 1. The highest BCUT2D eigenvalue weighted by atomic mass is 35.5. The lowest BCUT2D eigenvalue weighted by Gasteiger charge is -2.29. The highest BCUT2D eigenvalue weighted by molar-refractivity contribution is 7.92. The van der Waals surface area contributed by atoms with Crippen molar-refractivity contribution in [2.75, 3.05) is 24.8 Å². The molecule has 0 saturated heterocycles. The molecule has 2 aromatic carbocycles. The molecule has 152 valence electrons. The van der Waals surface area contributed by atoms with Gasteiger partial charge in [-0.05, 0) is 42.8 Å². The van der Waals surface area contributed by atoms with E-state index in [4.69, 9.17) is 21.1 Å². The highest BCUT2D eigenvalue weighted by Gasteiger charge is 2.31. The Morgan fingerprint density at radius 3 is 2.32 bits per heavy atom. The number of methoxy groups -OCH3 is 2. The zero-order valence-corrected chi connectivity index (χ0v) is 17.7. The first-order valence-electron chi connectivity index (χ1n) is 8.41. The number of ether oxygens (including phenoxy) is 2. The van der Waals surface area contributed by atoms with Gasteiger partial charge in [0.25, 0.3) is 0 Å². The molecule has 2 aromatic rings. The predicted molar refractivity (Wildman–Crippen MR) is 110 cm³/mol. The Hall–Kier alpha value is -2.45. The molecule has 0 radical (unpaired) electrons. The van der Waals surface area contributed by atoms with Gasteiger partial charge in [0.15, 0.2) is 0 Å². The number of anilines is 1. The Bertz CT molecular complexity index is 932. The van der Waals surface area contributed by atoms with Gasteiger partial charge in [-0.15, -0.1) is 0 Å². The Morgan fingerprint density at radius 1 is 1.14 bits per heavy atom. The monoisotopic (exact) mass is 426 g/mol. The minimum Gasteiger partial charge on any atom is -0.497 e. The minimum absolute atomic E-state index is 0.199. The van der Waals surface area contributed by atoms with Crippen LogP contribution in [0.2, 0.25) is 5.02 Å². The fraction of sp³-hybridized carbons (Fsp3) is 0.316. The van der Waals surface area contributed by atoms with Crippen LogP contribution >= 0.6 is 11.6 Å². The smallest absolute Gasteiger partial charge is 0.243 e. The fourth-order valence-electron chi connectivity index (χ4n) is 2.70. The summed E-state index contributed by atoms with van der Waals surface area (Å²) in [7, 11) is -0.796. The van der Waals surface area contributed by atoms with Crippen molar-refractivity contribution in [3.05, 3.63) is 53.1 Å². The molecule has 0 bridgehead atoms. The number of rotatable bonds is 8. The molecule has 0 saturated carbocycles. The van der Waals surface area contributed by atoms with Crippen molar-refractivity contribution in [2.45, 2.75) is 19.5 Å². The summed E-state index contributed by atoms with van der Waals surface area (Å²) in [6.45, 7) is 1.75. The molecule has 1 N–H and O–H groups in total. The van der Waals surface area contributed by atoms with E-state index in [9.17, 15) is 13.2 Å². The number of sulfonamides is 1. The standard InChI is InChI=1S/C19H23ClN2O5S/c1-13(19(23)21-12-14-5-8-16(26-2)9-6-14)22(28(4,24)25)17-11-15(20)7-10-18(17)27-3/h5-11,13H,12H2,1-4H3,(H,21,23). The van der Waals surface area contributed by atoms with Crippen LogP contribution in [0, 0.1) is 0 Å². The number of halogens is 1. The van der Waals surface area contributed by atoms with Gasteiger partial charge in [-0.2, -0.15) is 0 Å². The molecule has 9 heteroatoms. The summed E-state index contributed by atoms with van der Waals surface area (Å²) in [6.07, 6.45) is 1.03. The number of carbonyl (C=O) groups excluding carboxylic acids is 1. The first-order valence-corrected chi connectivity index (χ1v) is 10.6. The Labute approximate surface area is 170 Å². The maximum absolute atomic E-state index is 12.7. The van der Waals surface area contributed by atoms with Crippen molar-refractivity contribution in [3.63, 3.8) is 0 Å². The van der Waals surface area contributed by atoms with Crippen LogP contribution in [-0.4, -0.2) is 40.8 Å². The van der Waals surface area contributed by atoms with Gasteiger partial charge in [0.05, 0.1) is 26.2 Å². The summed E-state index contributed by atoms with van der Waals surface area (Å²) in [5, 5.41) is 3.08. The third-order valence-electron chi connectivity index (χ3n) is 4.09. The van der Waals surface area contributed by atoms with Crippen molar-refractivity contribution >= 4 is 33.2 Å². The lowest BCUT2D eigenvalue weighted by atomic mass is 10.2. The summed E-state index contributed by atoms with van der Waals surface area (Å²) >= 11 is 6.03. The van der Waals surface area contributed by atoms with Crippen LogP contribution in [0.25, 0.3) is 0 Å². The number of benzene rings is 2. The molecule has 28 heavy (non-hydrogen) atoms. The topological polar surface area (TPSA) is 84.9 Å². The van der Waals surface area contributed by atoms with Crippen LogP contribution in [0.5, 0.6) is 11.5 Å². The second kappa shape index (κ2) is 9.16. The largest absolute Gasteiger partial charge is 0.497 e. The van der Waals surface area contributed by atoms with Gasteiger partial charge in [-0.3, -0.25) is 9.10 Å². The number of hydrogen-bond acceptors (Lipinski definition) is 5. The van der Waals surface area contributed by atoms with E-state index in [1.165, 1.54) is 20.1 Å². The van der Waals surface area contributed by atoms with Gasteiger partial charge in [-0.25, -0.2) is 8.42 Å². The van der Waals surface area contributed by atoms with Crippen LogP contribution < -0.4 is 19.1 Å². The normalized spacial score (nSPS) is 12.2. The highest BCUT2D eigenvalue weighted by Crippen LogP contribution is 2.34. The Kier molecular flexibility index (Phi) is 7.15. The molecular formula is C19H23ClN2O5S. The van der Waals surface area contributed by atoms with Crippen molar-refractivity contribution < 1.29 is 22.7 Å². The van der Waals surface area contributed by atoms with Crippen molar-refractivity contribution in [2.24, 2.45) is 0 Å². The van der Waals surface area contributed by atoms with Crippen molar-refractivity contribution in [1.82, 2.24) is 5.32 Å². The summed E-state index contributed by atoms with van der Waals surface area (Å²) in [5.74, 6) is 0.549. The Morgan fingerprint density at radius 2 is 1.79 bits per heavy atom. The first-order chi connectivity index (χ1) is 13.2. The molecule has 0 aliphatic carbocycles. The zero-order valence-electron chi connectivity index (χ0n) is 16.1. The molecule has 0 aromatic heterocycles. The van der Waals surface area contributed by atoms with Crippen molar-refractivity contribution in [3.8, 4) is 11.5 Å². The van der Waals surface area contributed by atoms with E-state index in [-0.39, 0.29) is 12.2 Å². The zero-order chi connectivity index (χ0) is 20.9. The second-order valence-electron chi connectivity index (χ2n) is 6.12.